The molecule has 30 heteroatoms. The van der Waals surface area contributed by atoms with Crippen LogP contribution in [0.3, 0.4) is 0 Å². The predicted octanol–water partition coefficient (Wildman–Crippen LogP) is -1.27. The van der Waals surface area contributed by atoms with Gasteiger partial charge in [0.15, 0.2) is 0 Å². The van der Waals surface area contributed by atoms with Crippen LogP contribution >= 0.6 is 0 Å². The smallest absolute Gasteiger partial charge is 0.222 e. The Kier molecular flexibility index (Phi) is 10.1. The summed E-state index contributed by atoms with van der Waals surface area (Å²) in [5, 5.41) is 0. The van der Waals surface area contributed by atoms with Gasteiger partial charge in [0, 0.05) is 127 Å². The summed E-state index contributed by atoms with van der Waals surface area (Å²) in [4.78, 5) is 0. The molecule has 0 saturated carbocycles. The Balaban J connectivity index is 1.89. The molecule has 0 amide bonds. The quantitative estimate of drug-likeness (QED) is 0.109. The van der Waals surface area contributed by atoms with Crippen LogP contribution < -0.4 is 0 Å². The maximum absolute atomic E-state index is 8.67. The van der Waals surface area contributed by atoms with Crippen molar-refractivity contribution in [1.82, 2.24) is 0 Å². The minimum atomic E-state index is -4.29. The fourth-order valence-electron chi connectivity index (χ4n) is 11.0. The highest BCUT2D eigenvalue weighted by molar-refractivity contribution is 5.09. The average Bonchev–Trinajstić information content (AvgIpc) is 1.56. The van der Waals surface area contributed by atoms with Crippen molar-refractivity contribution in [3.05, 3.63) is 0 Å². The average molecular weight is 1280 g/mol. The standard InChI is InChI=1S/C54H96O30/c1-55-19-31-37(61-7)43(67-13)49(79-31)25-74-51(45(69-15)39(63-9)33(81-51)21-57-3)27-76-53(47(71-17)41(65-11)35(83-53)23-59-5)29-78-54(48(72-18)42(66-12)36(84-54)24-60-6)30-77-52(46(70-16)40(64-10)34(82-52)22-58-4)28-75-50(26-73-49)44(68-14)38(62-8)32(80-50)20-56-2/h31-48H,19-30H2,1-18H3/t31-,32-,33-,34-,35-,36-,37-,38-,39-,40-,41-,42-,43+,44+,45+,46+,47+,48+,49-,50-,51-,52-,53-,54-/m1/s1/i1D3,2D3,3D3,4D3,5D3,6D3,7D3,8D3,9D3,10D3,11D3,12D3,13D3,14D3,15D3,16D3,17D3,18D3. The minimum absolute atomic E-state index is 1.77. The van der Waals surface area contributed by atoms with E-state index in [9.17, 15) is 0 Å². The highest BCUT2D eigenvalue weighted by Gasteiger charge is 2.70. The van der Waals surface area contributed by atoms with Gasteiger partial charge in [0.2, 0.25) is 34.7 Å². The van der Waals surface area contributed by atoms with Gasteiger partial charge in [-0.15, -0.1) is 0 Å². The van der Waals surface area contributed by atoms with Crippen LogP contribution in [0, 0.1) is 0 Å². The first-order valence-electron chi connectivity index (χ1n) is 51.1. The molecule has 7 rings (SSSR count). The van der Waals surface area contributed by atoms with E-state index in [1.54, 1.807) is 0 Å². The summed E-state index contributed by atoms with van der Waals surface area (Å²) in [5.41, 5.74) is 0. The summed E-state index contributed by atoms with van der Waals surface area (Å²) in [6.07, 6.45) is -55.6. The molecule has 0 N–H and O–H groups in total. The Morgan fingerprint density at radius 3 is 0.524 bits per heavy atom. The van der Waals surface area contributed by atoms with E-state index in [0.717, 1.165) is 0 Å². The van der Waals surface area contributed by atoms with Crippen LogP contribution in [0.1, 0.15) is 74.0 Å². The summed E-state index contributed by atoms with van der Waals surface area (Å²) in [6.45, 7) is -25.3. The first-order chi connectivity index (χ1) is 61.3. The van der Waals surface area contributed by atoms with Gasteiger partial charge in [-0.3, -0.25) is 0 Å². The summed E-state index contributed by atoms with van der Waals surface area (Å²) in [5.74, 6) is -25.4. The van der Waals surface area contributed by atoms with E-state index in [2.05, 4.69) is 0 Å². The van der Waals surface area contributed by atoms with Crippen molar-refractivity contribution in [2.24, 2.45) is 0 Å². The lowest BCUT2D eigenvalue weighted by atomic mass is 10.0. The van der Waals surface area contributed by atoms with Gasteiger partial charge in [0.1, 0.15) is 150 Å². The van der Waals surface area contributed by atoms with Crippen LogP contribution in [0.2, 0.25) is 0 Å². The topological polar surface area (TPSA) is 277 Å². The molecule has 24 atom stereocenters. The summed E-state index contributed by atoms with van der Waals surface area (Å²) >= 11 is 0. The summed E-state index contributed by atoms with van der Waals surface area (Å²) < 4.78 is 626. The first-order valence-corrected chi connectivity index (χ1v) is 24.1. The van der Waals surface area contributed by atoms with Gasteiger partial charge < -0.3 is 142 Å². The molecular weight excluding hydrogens is 1130 g/mol. The summed E-state index contributed by atoms with van der Waals surface area (Å²) in [6, 6.07) is 0. The molecule has 0 bridgehead atoms. The monoisotopic (exact) mass is 1280 g/mol. The normalized spacial score (nSPS) is 58.3. The van der Waals surface area contributed by atoms with Gasteiger partial charge >= 0.3 is 0 Å². The van der Waals surface area contributed by atoms with Crippen LogP contribution in [0.5, 0.6) is 0 Å². The third-order valence-electron chi connectivity index (χ3n) is 14.9. The molecule has 7 aliphatic rings. The zero-order chi connectivity index (χ0) is 106. The molecule has 7 aliphatic heterocycles. The molecule has 84 heavy (non-hydrogen) atoms. The minimum Gasteiger partial charge on any atom is -0.382 e. The Morgan fingerprint density at radius 1 is 0.238 bits per heavy atom. The second-order valence-corrected chi connectivity index (χ2v) is 19.1. The molecule has 7 saturated heterocycles. The SMILES string of the molecule is [2H]C([2H])([2H])OC[C@H]1O[C@]2(CO[C@]3(CO[C@]4(CO[C@]5(CO[C@]6(CO[C@]7(CO2)O[C@H](COC([2H])([2H])[2H])[C@@H](OC([2H])([2H])[2H])[C@@H]7OC([2H])([2H])[2H])O[C@H](COC([2H])([2H])[2H])[C@@H](OC([2H])([2H])[2H])[C@@H]6OC([2H])([2H])[2H])O[C@H](COC([2H])([2H])[2H])[C@@H](OC([2H])([2H])[2H])[C@@H]5OC([2H])([2H])[2H])O[C@H](COC([2H])([2H])[2H])[C@@H](OC([2H])([2H])[2H])[C@@H]4OC([2H])([2H])[2H])O[C@H](COC([2H])([2H])[2H])[C@@H](OC([2H])([2H])[2H])[C@@H]3OC([2H])([2H])[2H])[C@@H](OC([2H])([2H])[2H])[C@@H]1OC([2H])([2H])[2H]. The Morgan fingerprint density at radius 2 is 0.393 bits per heavy atom. The maximum Gasteiger partial charge on any atom is 0.222 e. The fourth-order valence-corrected chi connectivity index (χ4v) is 11.0. The number of hydrogen-bond donors (Lipinski definition) is 0. The van der Waals surface area contributed by atoms with Crippen molar-refractivity contribution >= 4 is 0 Å². The molecule has 0 aromatic carbocycles. The Bertz CT molecular complexity index is 3180. The number of methoxy groups -OCH3 is 18. The van der Waals surface area contributed by atoms with E-state index in [1.807, 2.05) is 0 Å². The van der Waals surface area contributed by atoms with Crippen LogP contribution in [0.25, 0.3) is 0 Å². The molecule has 7 heterocycles. The molecular formula is C54H96O30. The maximum atomic E-state index is 8.67. The molecule has 0 unspecified atom stereocenters. The second-order valence-electron chi connectivity index (χ2n) is 19.1. The third kappa shape index (κ3) is 13.3. The van der Waals surface area contributed by atoms with Gasteiger partial charge in [-0.25, -0.2) is 0 Å². The Labute approximate surface area is 568 Å². The van der Waals surface area contributed by atoms with Crippen molar-refractivity contribution in [2.75, 3.05) is 206 Å². The van der Waals surface area contributed by atoms with E-state index < -0.39 is 351 Å². The molecule has 0 aromatic heterocycles. The zero-order valence-corrected chi connectivity index (χ0v) is 43.1. The van der Waals surface area contributed by atoms with Gasteiger partial charge in [-0.05, 0) is 0 Å². The molecule has 0 aliphatic carbocycles. The van der Waals surface area contributed by atoms with Crippen molar-refractivity contribution in [1.29, 1.82) is 0 Å². The van der Waals surface area contributed by atoms with Gasteiger partial charge in [-0.1, -0.05) is 0 Å². The lowest BCUT2D eigenvalue weighted by molar-refractivity contribution is -0.403. The highest BCUT2D eigenvalue weighted by atomic mass is 16.9. The van der Waals surface area contributed by atoms with Gasteiger partial charge in [0.05, 0.1) is 114 Å². The van der Waals surface area contributed by atoms with Crippen LogP contribution in [0.15, 0.2) is 0 Å². The molecule has 0 radical (unpaired) electrons. The lowest BCUT2D eigenvalue weighted by Crippen LogP contribution is -2.63. The van der Waals surface area contributed by atoms with Crippen LogP contribution in [0.4, 0.5) is 0 Å². The molecule has 6 spiro atoms. The highest BCUT2D eigenvalue weighted by Crippen LogP contribution is 2.49. The number of ether oxygens (including phenoxy) is 30. The third-order valence-corrected chi connectivity index (χ3v) is 14.9. The summed E-state index contributed by atoms with van der Waals surface area (Å²) in [7, 11) is -73.0. The van der Waals surface area contributed by atoms with E-state index in [0.29, 0.717) is 0 Å². The van der Waals surface area contributed by atoms with Crippen molar-refractivity contribution in [3.8, 4) is 0 Å². The van der Waals surface area contributed by atoms with Crippen LogP contribution in [-0.2, 0) is 142 Å². The number of hydrogen-bond acceptors (Lipinski definition) is 30. The van der Waals surface area contributed by atoms with Crippen molar-refractivity contribution in [3.63, 3.8) is 0 Å². The fraction of sp³-hybridized carbons (Fsp3) is 1.00. The lowest BCUT2D eigenvalue weighted by Gasteiger charge is -2.45. The molecule has 492 valence electrons. The predicted molar refractivity (Wildman–Crippen MR) is 282 cm³/mol. The molecule has 0 aromatic rings. The largest absolute Gasteiger partial charge is 0.382 e. The van der Waals surface area contributed by atoms with Gasteiger partial charge in [-0.2, -0.15) is 0 Å². The van der Waals surface area contributed by atoms with E-state index in [-0.39, 0.29) is 0 Å². The van der Waals surface area contributed by atoms with Crippen molar-refractivity contribution in [2.45, 2.75) is 145 Å². The Hall–Kier alpha value is -1.20. The zero-order valence-electron chi connectivity index (χ0n) is 97.1. The van der Waals surface area contributed by atoms with Crippen molar-refractivity contribution < 1.29 is 216 Å². The molecule has 7 fully saturated rings. The second kappa shape index (κ2) is 31.2. The first kappa shape index (κ1) is 27.2. The van der Waals surface area contributed by atoms with Crippen LogP contribution in [-0.4, -0.2) is 351 Å². The van der Waals surface area contributed by atoms with E-state index in [4.69, 9.17) is 216 Å². The van der Waals surface area contributed by atoms with Gasteiger partial charge in [0.25, 0.3) is 0 Å². The molecule has 30 nitrogen and oxygen atoms in total. The van der Waals surface area contributed by atoms with E-state index >= 15 is 0 Å². The van der Waals surface area contributed by atoms with E-state index in [1.165, 1.54) is 0 Å². The number of rotatable bonds is 24.